The molecule has 0 bridgehead atoms. The Morgan fingerprint density at radius 2 is 2.03 bits per heavy atom. The van der Waals surface area contributed by atoms with Crippen LogP contribution in [-0.4, -0.2) is 29.3 Å². The predicted octanol–water partition coefficient (Wildman–Crippen LogP) is 4.20. The average Bonchev–Trinajstić information content (AvgIpc) is 2.99. The number of carbonyl (C=O) groups is 2. The van der Waals surface area contributed by atoms with Gasteiger partial charge in [-0.1, -0.05) is 42.2 Å². The monoisotopic (exact) mass is 540 g/mol. The molecule has 0 aromatic heterocycles. The van der Waals surface area contributed by atoms with E-state index in [4.69, 9.17) is 21.7 Å². The van der Waals surface area contributed by atoms with Gasteiger partial charge in [-0.3, -0.25) is 9.59 Å². The Bertz CT molecular complexity index is 980. The van der Waals surface area contributed by atoms with E-state index in [2.05, 4.69) is 33.2 Å². The number of amides is 2. The van der Waals surface area contributed by atoms with E-state index in [0.29, 0.717) is 33.0 Å². The third-order valence-electron chi connectivity index (χ3n) is 3.68. The van der Waals surface area contributed by atoms with Crippen molar-refractivity contribution < 1.29 is 19.1 Å². The van der Waals surface area contributed by atoms with Crippen LogP contribution in [0.1, 0.15) is 12.5 Å². The van der Waals surface area contributed by atoms with Crippen molar-refractivity contribution >= 4 is 74.5 Å². The van der Waals surface area contributed by atoms with Crippen molar-refractivity contribution in [2.45, 2.75) is 6.92 Å². The highest BCUT2D eigenvalue weighted by Crippen LogP contribution is 2.36. The van der Waals surface area contributed by atoms with Crippen LogP contribution < -0.4 is 20.1 Å². The van der Waals surface area contributed by atoms with Crippen LogP contribution in [0.5, 0.6) is 11.5 Å². The van der Waals surface area contributed by atoms with Crippen LogP contribution in [0.15, 0.2) is 47.4 Å². The Labute approximate surface area is 191 Å². The molecule has 1 aliphatic heterocycles. The Hall–Kier alpha value is -2.11. The third-order valence-corrected chi connectivity index (χ3v) is 5.64. The molecule has 1 fully saturated rings. The molecule has 6 nitrogen and oxygen atoms in total. The standard InChI is InChI=1S/C20H17IN2O4S2/c1-2-26-15-9-12(10-16-19(25)23-20(28)29-16)8-14(21)18(15)27-11-17(24)22-13-6-4-3-5-7-13/h3-10H,2,11H2,1H3,(H,22,24)(H,23,25,28)/b16-10-. The molecule has 2 aromatic carbocycles. The van der Waals surface area contributed by atoms with Crippen molar-refractivity contribution in [3.63, 3.8) is 0 Å². The number of rotatable bonds is 7. The summed E-state index contributed by atoms with van der Waals surface area (Å²) in [5, 5.41) is 5.37. The number of ether oxygens (including phenoxy) is 2. The fraction of sp³-hybridized carbons (Fsp3) is 0.150. The molecule has 2 aromatic rings. The van der Waals surface area contributed by atoms with E-state index in [1.54, 1.807) is 24.3 Å². The van der Waals surface area contributed by atoms with Gasteiger partial charge in [0.15, 0.2) is 18.1 Å². The fourth-order valence-electron chi connectivity index (χ4n) is 2.50. The average molecular weight is 540 g/mol. The zero-order chi connectivity index (χ0) is 20.8. The first kappa shape index (κ1) is 21.6. The van der Waals surface area contributed by atoms with Crippen LogP contribution >= 0.6 is 46.6 Å². The lowest BCUT2D eigenvalue weighted by atomic mass is 10.2. The summed E-state index contributed by atoms with van der Waals surface area (Å²) in [5.41, 5.74) is 1.48. The Morgan fingerprint density at radius 1 is 1.28 bits per heavy atom. The van der Waals surface area contributed by atoms with Gasteiger partial charge in [-0.15, -0.1) is 0 Å². The highest BCUT2D eigenvalue weighted by molar-refractivity contribution is 14.1. The maximum Gasteiger partial charge on any atom is 0.263 e. The number of para-hydroxylation sites is 1. The molecule has 1 saturated heterocycles. The van der Waals surface area contributed by atoms with Crippen LogP contribution in [0.25, 0.3) is 6.08 Å². The Balaban J connectivity index is 1.76. The van der Waals surface area contributed by atoms with E-state index in [1.807, 2.05) is 31.2 Å². The van der Waals surface area contributed by atoms with Gasteiger partial charge in [0.2, 0.25) is 0 Å². The molecule has 29 heavy (non-hydrogen) atoms. The van der Waals surface area contributed by atoms with Gasteiger partial charge in [0, 0.05) is 5.69 Å². The summed E-state index contributed by atoms with van der Waals surface area (Å²) in [6.45, 7) is 2.14. The van der Waals surface area contributed by atoms with Gasteiger partial charge in [-0.25, -0.2) is 0 Å². The van der Waals surface area contributed by atoms with E-state index >= 15 is 0 Å². The fourth-order valence-corrected chi connectivity index (χ4v) is 4.33. The van der Waals surface area contributed by atoms with Crippen LogP contribution in [0.3, 0.4) is 0 Å². The van der Waals surface area contributed by atoms with Crippen molar-refractivity contribution in [3.8, 4) is 11.5 Å². The molecular weight excluding hydrogens is 523 g/mol. The SMILES string of the molecule is CCOc1cc(/C=C2\SC(=S)NC2=O)cc(I)c1OCC(=O)Nc1ccccc1. The van der Waals surface area contributed by atoms with Crippen molar-refractivity contribution in [2.75, 3.05) is 18.5 Å². The molecule has 1 heterocycles. The predicted molar refractivity (Wildman–Crippen MR) is 127 cm³/mol. The molecule has 2 N–H and O–H groups in total. The lowest BCUT2D eigenvalue weighted by Crippen LogP contribution is -2.20. The van der Waals surface area contributed by atoms with Crippen molar-refractivity contribution in [1.82, 2.24) is 5.32 Å². The normalized spacial score (nSPS) is 14.6. The van der Waals surface area contributed by atoms with Crippen molar-refractivity contribution in [2.24, 2.45) is 0 Å². The topological polar surface area (TPSA) is 76.7 Å². The van der Waals surface area contributed by atoms with Crippen LogP contribution in [-0.2, 0) is 9.59 Å². The number of carbonyl (C=O) groups excluding carboxylic acids is 2. The van der Waals surface area contributed by atoms with Crippen LogP contribution in [0.4, 0.5) is 5.69 Å². The maximum absolute atomic E-state index is 12.2. The minimum absolute atomic E-state index is 0.155. The number of hydrogen-bond donors (Lipinski definition) is 2. The maximum atomic E-state index is 12.2. The summed E-state index contributed by atoms with van der Waals surface area (Å²) < 4.78 is 12.6. The number of hydrogen-bond acceptors (Lipinski definition) is 6. The Morgan fingerprint density at radius 3 is 2.69 bits per heavy atom. The lowest BCUT2D eigenvalue weighted by Gasteiger charge is -2.15. The summed E-state index contributed by atoms with van der Waals surface area (Å²) in [7, 11) is 0. The number of anilines is 1. The van der Waals surface area contributed by atoms with E-state index in [-0.39, 0.29) is 18.4 Å². The zero-order valence-corrected chi connectivity index (χ0v) is 19.2. The molecule has 0 aliphatic carbocycles. The summed E-state index contributed by atoms with van der Waals surface area (Å²) in [6, 6.07) is 12.8. The lowest BCUT2D eigenvalue weighted by molar-refractivity contribution is -0.118. The number of nitrogens with one attached hydrogen (secondary N) is 2. The molecule has 0 unspecified atom stereocenters. The molecule has 1 aliphatic rings. The first-order chi connectivity index (χ1) is 14.0. The van der Waals surface area contributed by atoms with E-state index in [1.165, 1.54) is 11.8 Å². The van der Waals surface area contributed by atoms with E-state index in [0.717, 1.165) is 9.13 Å². The zero-order valence-electron chi connectivity index (χ0n) is 15.4. The quantitative estimate of drug-likeness (QED) is 0.312. The summed E-state index contributed by atoms with van der Waals surface area (Å²) >= 11 is 8.35. The highest BCUT2D eigenvalue weighted by atomic mass is 127. The van der Waals surface area contributed by atoms with Crippen LogP contribution in [0, 0.1) is 3.57 Å². The second-order valence-corrected chi connectivity index (χ2v) is 8.70. The van der Waals surface area contributed by atoms with Gasteiger partial charge in [0.25, 0.3) is 11.8 Å². The summed E-state index contributed by atoms with van der Waals surface area (Å²) in [5.74, 6) is 0.501. The molecule has 9 heteroatoms. The summed E-state index contributed by atoms with van der Waals surface area (Å²) in [4.78, 5) is 24.6. The third kappa shape index (κ3) is 5.94. The Kier molecular flexibility index (Phi) is 7.51. The molecular formula is C20H17IN2O4S2. The van der Waals surface area contributed by atoms with Gasteiger partial charge in [0.1, 0.15) is 4.32 Å². The molecule has 0 saturated carbocycles. The molecule has 2 amide bonds. The molecule has 3 rings (SSSR count). The molecule has 0 spiro atoms. The van der Waals surface area contributed by atoms with Crippen molar-refractivity contribution in [1.29, 1.82) is 0 Å². The summed E-state index contributed by atoms with van der Waals surface area (Å²) in [6.07, 6.45) is 1.75. The minimum atomic E-state index is -0.270. The first-order valence-electron chi connectivity index (χ1n) is 8.65. The molecule has 150 valence electrons. The second kappa shape index (κ2) is 10.1. The number of benzene rings is 2. The van der Waals surface area contributed by atoms with Gasteiger partial charge in [-0.05, 0) is 65.4 Å². The number of thiocarbonyl (C=S) groups is 1. The molecule has 0 radical (unpaired) electrons. The van der Waals surface area contributed by atoms with Crippen molar-refractivity contribution in [3.05, 3.63) is 56.5 Å². The largest absolute Gasteiger partial charge is 0.490 e. The van der Waals surface area contributed by atoms with E-state index in [9.17, 15) is 9.59 Å². The number of halogens is 1. The van der Waals surface area contributed by atoms with Crippen LogP contribution in [0.2, 0.25) is 0 Å². The second-order valence-electron chi connectivity index (χ2n) is 5.82. The van der Waals surface area contributed by atoms with Gasteiger partial charge in [-0.2, -0.15) is 0 Å². The first-order valence-corrected chi connectivity index (χ1v) is 11.0. The van der Waals surface area contributed by atoms with Gasteiger partial charge >= 0.3 is 0 Å². The smallest absolute Gasteiger partial charge is 0.263 e. The minimum Gasteiger partial charge on any atom is -0.490 e. The van der Waals surface area contributed by atoms with Gasteiger partial charge in [0.05, 0.1) is 15.1 Å². The number of thioether (sulfide) groups is 1. The molecule has 0 atom stereocenters. The van der Waals surface area contributed by atoms with E-state index < -0.39 is 0 Å². The highest BCUT2D eigenvalue weighted by Gasteiger charge is 2.22. The van der Waals surface area contributed by atoms with Gasteiger partial charge < -0.3 is 20.1 Å².